The lowest BCUT2D eigenvalue weighted by Crippen LogP contribution is -2.40. The van der Waals surface area contributed by atoms with E-state index < -0.39 is 36.7 Å². The maximum absolute atomic E-state index is 12.7. The normalized spacial score (nSPS) is 11.8. The van der Waals surface area contributed by atoms with Crippen LogP contribution in [-0.2, 0) is 11.3 Å². The van der Waals surface area contributed by atoms with Crippen LogP contribution >= 0.6 is 11.6 Å². The summed E-state index contributed by atoms with van der Waals surface area (Å²) in [5.74, 6) is -1.92. The number of aliphatic carboxylic acids is 1. The first-order chi connectivity index (χ1) is 19.9. The highest BCUT2D eigenvalue weighted by atomic mass is 35.5. The molecule has 15 heteroatoms. The van der Waals surface area contributed by atoms with E-state index >= 15 is 0 Å². The van der Waals surface area contributed by atoms with Crippen molar-refractivity contribution in [2.45, 2.75) is 51.4 Å². The molecule has 0 aliphatic heterocycles. The number of amides is 1. The van der Waals surface area contributed by atoms with Crippen molar-refractivity contribution in [3.05, 3.63) is 64.7 Å². The van der Waals surface area contributed by atoms with Crippen LogP contribution in [0.3, 0.4) is 0 Å². The lowest BCUT2D eigenvalue weighted by molar-refractivity contribution is -0.154. The molecule has 11 nitrogen and oxygen atoms in total. The van der Waals surface area contributed by atoms with E-state index in [0.29, 0.717) is 35.7 Å². The van der Waals surface area contributed by atoms with Crippen LogP contribution in [0.25, 0.3) is 0 Å². The van der Waals surface area contributed by atoms with Crippen molar-refractivity contribution in [2.75, 3.05) is 17.2 Å². The maximum atomic E-state index is 12.7. The highest BCUT2D eigenvalue weighted by Gasteiger charge is 2.29. The number of carboxylic acids is 1. The second-order valence-electron chi connectivity index (χ2n) is 9.24. The van der Waals surface area contributed by atoms with Crippen LogP contribution < -0.4 is 20.7 Å². The summed E-state index contributed by atoms with van der Waals surface area (Å²) in [6, 6.07) is 11.1. The lowest BCUT2D eigenvalue weighted by atomic mass is 10.1. The number of nitrogens with one attached hydrogen (secondary N) is 4. The van der Waals surface area contributed by atoms with Gasteiger partial charge in [-0.3, -0.25) is 4.79 Å². The number of carbonyl (C=O) groups excluding carboxylic acids is 1. The Labute approximate surface area is 244 Å². The average molecular weight is 608 g/mol. The van der Waals surface area contributed by atoms with Gasteiger partial charge in [0.2, 0.25) is 11.9 Å². The minimum absolute atomic E-state index is 0.0499. The second-order valence-corrected chi connectivity index (χ2v) is 9.68. The summed E-state index contributed by atoms with van der Waals surface area (Å²) in [5, 5.41) is 25.7. The number of alkyl halides is 3. The predicted octanol–water partition coefficient (Wildman–Crippen LogP) is 5.60. The summed E-state index contributed by atoms with van der Waals surface area (Å²) in [4.78, 5) is 36.2. The Balaban J connectivity index is 1.68. The van der Waals surface area contributed by atoms with Gasteiger partial charge in [0.1, 0.15) is 6.04 Å². The van der Waals surface area contributed by atoms with Crippen LogP contribution in [0, 0.1) is 5.41 Å². The summed E-state index contributed by atoms with van der Waals surface area (Å²) < 4.78 is 42.9. The molecule has 2 aromatic carbocycles. The predicted molar refractivity (Wildman–Crippen MR) is 151 cm³/mol. The van der Waals surface area contributed by atoms with Crippen LogP contribution in [0.5, 0.6) is 6.01 Å². The number of nitrogens with zero attached hydrogens (tertiary/aromatic N) is 3. The monoisotopic (exact) mass is 607 g/mol. The second kappa shape index (κ2) is 15.0. The van der Waals surface area contributed by atoms with Crippen molar-refractivity contribution in [3.8, 4) is 6.01 Å². The fraction of sp³-hybridized carbons (Fsp3) is 0.333. The summed E-state index contributed by atoms with van der Waals surface area (Å²) in [5.41, 5.74) is 1.90. The van der Waals surface area contributed by atoms with Crippen molar-refractivity contribution in [2.24, 2.45) is 0 Å². The molecule has 3 aromatic rings. The van der Waals surface area contributed by atoms with Gasteiger partial charge in [0, 0.05) is 28.5 Å². The van der Waals surface area contributed by atoms with Gasteiger partial charge in [-0.05, 0) is 68.1 Å². The first-order valence-corrected chi connectivity index (χ1v) is 13.1. The highest BCUT2D eigenvalue weighted by Crippen LogP contribution is 2.21. The third kappa shape index (κ3) is 11.2. The number of halogens is 4. The first kappa shape index (κ1) is 32.1. The third-order valence-corrected chi connectivity index (χ3v) is 5.90. The Hall–Kier alpha value is -4.46. The van der Waals surface area contributed by atoms with Crippen molar-refractivity contribution in [1.29, 1.82) is 5.41 Å². The van der Waals surface area contributed by atoms with Gasteiger partial charge in [0.15, 0.2) is 6.61 Å². The summed E-state index contributed by atoms with van der Waals surface area (Å²) >= 11 is 5.89. The Kier molecular flexibility index (Phi) is 11.4. The fourth-order valence-corrected chi connectivity index (χ4v) is 3.68. The number of benzene rings is 2. The molecule has 5 N–H and O–H groups in total. The maximum Gasteiger partial charge on any atom is 0.422 e. The van der Waals surface area contributed by atoms with E-state index in [4.69, 9.17) is 21.7 Å². The molecule has 1 aromatic heterocycles. The Morgan fingerprint density at radius 2 is 1.69 bits per heavy atom. The van der Waals surface area contributed by atoms with Gasteiger partial charge in [0.05, 0.1) is 0 Å². The van der Waals surface area contributed by atoms with E-state index in [1.165, 1.54) is 24.3 Å². The van der Waals surface area contributed by atoms with Gasteiger partial charge < -0.3 is 31.2 Å². The topological polar surface area (TPSA) is 162 Å². The van der Waals surface area contributed by atoms with Gasteiger partial charge in [-0.1, -0.05) is 30.2 Å². The summed E-state index contributed by atoms with van der Waals surface area (Å²) in [7, 11) is 0. The van der Waals surface area contributed by atoms with E-state index in [9.17, 15) is 27.9 Å². The van der Waals surface area contributed by atoms with Crippen molar-refractivity contribution in [3.63, 3.8) is 0 Å². The Morgan fingerprint density at radius 1 is 1.02 bits per heavy atom. The van der Waals surface area contributed by atoms with Gasteiger partial charge >= 0.3 is 18.2 Å². The quantitative estimate of drug-likeness (QED) is 0.109. The molecular weight excluding hydrogens is 579 g/mol. The fourth-order valence-electron chi connectivity index (χ4n) is 3.56. The Bertz CT molecular complexity index is 1370. The van der Waals surface area contributed by atoms with E-state index in [-0.39, 0.29) is 30.4 Å². The number of carboxylic acid groups (broad SMARTS) is 1. The molecule has 0 bridgehead atoms. The first-order valence-electron chi connectivity index (χ1n) is 12.8. The number of aromatic nitrogens is 3. The standard InChI is InChI=1S/C27H29ClF3N7O4/c1-16(32)4-2-3-5-21(23(40)41)35-22(39)18-8-12-20(13-9-18)34-25-36-24(33-14-17-6-10-19(28)11-7-17)37-26(38-25)42-15-27(29,30)31/h6-13,21,32H,2-5,14-15H2,1H3,(H,35,39)(H,40,41)(H2,33,34,36,37,38)/t21-/m1/s1. The lowest BCUT2D eigenvalue weighted by Gasteiger charge is -2.15. The molecule has 1 atom stereocenters. The molecule has 3 rings (SSSR count). The molecule has 1 heterocycles. The van der Waals surface area contributed by atoms with Gasteiger partial charge in [-0.25, -0.2) is 4.79 Å². The van der Waals surface area contributed by atoms with E-state index in [1.54, 1.807) is 31.2 Å². The highest BCUT2D eigenvalue weighted by molar-refractivity contribution is 6.30. The van der Waals surface area contributed by atoms with Crippen molar-refractivity contribution < 1.29 is 32.6 Å². The Morgan fingerprint density at radius 3 is 2.31 bits per heavy atom. The minimum atomic E-state index is -4.60. The zero-order valence-corrected chi connectivity index (χ0v) is 23.2. The van der Waals surface area contributed by atoms with Crippen LogP contribution in [0.4, 0.5) is 30.8 Å². The van der Waals surface area contributed by atoms with E-state index in [1.807, 2.05) is 0 Å². The number of rotatable bonds is 15. The molecule has 224 valence electrons. The third-order valence-electron chi connectivity index (χ3n) is 5.64. The number of hydrogen-bond acceptors (Lipinski definition) is 9. The molecule has 0 radical (unpaired) electrons. The molecule has 42 heavy (non-hydrogen) atoms. The van der Waals surface area contributed by atoms with Crippen LogP contribution in [0.1, 0.15) is 48.5 Å². The molecule has 0 aliphatic rings. The zero-order valence-electron chi connectivity index (χ0n) is 22.5. The smallest absolute Gasteiger partial charge is 0.422 e. The van der Waals surface area contributed by atoms with Gasteiger partial charge in [0.25, 0.3) is 5.91 Å². The molecule has 0 aliphatic carbocycles. The average Bonchev–Trinajstić information content (AvgIpc) is 2.93. The SMILES string of the molecule is CC(=N)CCCC[C@@H](NC(=O)c1ccc(Nc2nc(NCc3ccc(Cl)cc3)nc(OCC(F)(F)F)n2)cc1)C(=O)O. The molecule has 0 spiro atoms. The number of hydrogen-bond donors (Lipinski definition) is 5. The van der Waals surface area contributed by atoms with Crippen LogP contribution in [0.2, 0.25) is 5.02 Å². The van der Waals surface area contributed by atoms with Gasteiger partial charge in [-0.2, -0.15) is 28.1 Å². The van der Waals surface area contributed by atoms with Crippen molar-refractivity contribution >= 4 is 46.8 Å². The van der Waals surface area contributed by atoms with E-state index in [0.717, 1.165) is 5.56 Å². The molecule has 0 saturated heterocycles. The number of anilines is 3. The largest absolute Gasteiger partial charge is 0.480 e. The summed E-state index contributed by atoms with van der Waals surface area (Å²) in [6.07, 6.45) is -2.64. The molecule has 0 unspecified atom stereocenters. The number of ether oxygens (including phenoxy) is 1. The number of unbranched alkanes of at least 4 members (excludes halogenated alkanes) is 1. The minimum Gasteiger partial charge on any atom is -0.480 e. The van der Waals surface area contributed by atoms with Crippen LogP contribution in [-0.4, -0.2) is 56.5 Å². The van der Waals surface area contributed by atoms with Crippen LogP contribution in [0.15, 0.2) is 48.5 Å². The molecule has 0 fully saturated rings. The zero-order chi connectivity index (χ0) is 30.7. The summed E-state index contributed by atoms with van der Waals surface area (Å²) in [6.45, 7) is 0.314. The van der Waals surface area contributed by atoms with Gasteiger partial charge in [-0.15, -0.1) is 0 Å². The molecule has 1 amide bonds. The molecular formula is C27H29ClF3N7O4. The number of carbonyl (C=O) groups is 2. The van der Waals surface area contributed by atoms with E-state index in [2.05, 4.69) is 30.9 Å². The molecule has 0 saturated carbocycles. The van der Waals surface area contributed by atoms with Crippen molar-refractivity contribution in [1.82, 2.24) is 20.3 Å².